The molecule has 0 atom stereocenters. The molecule has 2 heterocycles. The fraction of sp³-hybridized carbons (Fsp3) is 0.320. The van der Waals surface area contributed by atoms with Crippen molar-refractivity contribution in [3.63, 3.8) is 0 Å². The normalized spacial score (nSPS) is 13.9. The molecule has 166 valence electrons. The number of benzene rings is 2. The largest absolute Gasteiger partial charge is 0.352 e. The Morgan fingerprint density at radius 2 is 1.62 bits per heavy atom. The molecule has 0 saturated carbocycles. The van der Waals surface area contributed by atoms with E-state index in [2.05, 4.69) is 53.3 Å². The summed E-state index contributed by atoms with van der Waals surface area (Å²) in [6.07, 6.45) is 0. The topological polar surface area (TPSA) is 61.4 Å². The van der Waals surface area contributed by atoms with Gasteiger partial charge in [-0.15, -0.1) is 10.2 Å². The van der Waals surface area contributed by atoms with E-state index in [4.69, 9.17) is 11.6 Å². The van der Waals surface area contributed by atoms with Crippen molar-refractivity contribution in [1.29, 1.82) is 0 Å². The van der Waals surface area contributed by atoms with Crippen molar-refractivity contribution >= 4 is 29.1 Å². The van der Waals surface area contributed by atoms with Gasteiger partial charge in [-0.2, -0.15) is 0 Å². The van der Waals surface area contributed by atoms with Gasteiger partial charge >= 0.3 is 6.03 Å². The quantitative estimate of drug-likeness (QED) is 0.582. The van der Waals surface area contributed by atoms with Crippen LogP contribution in [-0.4, -0.2) is 47.3 Å². The number of amides is 2. The first-order chi connectivity index (χ1) is 15.3. The summed E-state index contributed by atoms with van der Waals surface area (Å²) in [6, 6.07) is 13.8. The third kappa shape index (κ3) is 4.55. The van der Waals surface area contributed by atoms with Crippen LogP contribution in [0.1, 0.15) is 22.3 Å². The van der Waals surface area contributed by atoms with Gasteiger partial charge in [-0.3, -0.25) is 0 Å². The Morgan fingerprint density at radius 1 is 0.906 bits per heavy atom. The summed E-state index contributed by atoms with van der Waals surface area (Å²) in [5.74, 6) is 0.834. The van der Waals surface area contributed by atoms with Gasteiger partial charge in [0, 0.05) is 42.5 Å². The van der Waals surface area contributed by atoms with Crippen LogP contribution in [0.15, 0.2) is 42.5 Å². The molecule has 2 aromatic carbocycles. The third-order valence-corrected chi connectivity index (χ3v) is 6.58. The number of nitrogens with one attached hydrogen (secondary N) is 1. The smallest absolute Gasteiger partial charge is 0.321 e. The first-order valence-electron chi connectivity index (χ1n) is 10.8. The highest BCUT2D eigenvalue weighted by molar-refractivity contribution is 6.31. The summed E-state index contributed by atoms with van der Waals surface area (Å²) in [6.45, 7) is 10.9. The number of anilines is 2. The fourth-order valence-corrected chi connectivity index (χ4v) is 4.12. The molecule has 0 bridgehead atoms. The molecule has 1 fully saturated rings. The first-order valence-corrected chi connectivity index (χ1v) is 11.2. The summed E-state index contributed by atoms with van der Waals surface area (Å²) in [7, 11) is 0. The standard InChI is InChI=1S/C25H28ClN5O/c1-16-14-18(3)20(15-17(16)2)23-8-9-24(29-28-23)30-10-12-31(13-11-30)25(32)27-22-7-5-6-21(26)19(22)4/h5-9,14-15H,10-13H2,1-4H3,(H,27,32). The average Bonchev–Trinajstić information content (AvgIpc) is 2.79. The zero-order valence-electron chi connectivity index (χ0n) is 18.9. The van der Waals surface area contributed by atoms with Gasteiger partial charge in [-0.25, -0.2) is 4.79 Å². The van der Waals surface area contributed by atoms with E-state index in [1.165, 1.54) is 16.7 Å². The lowest BCUT2D eigenvalue weighted by atomic mass is 9.99. The second kappa shape index (κ2) is 9.17. The Labute approximate surface area is 194 Å². The van der Waals surface area contributed by atoms with Crippen LogP contribution in [0, 0.1) is 27.7 Å². The summed E-state index contributed by atoms with van der Waals surface area (Å²) in [4.78, 5) is 16.7. The molecule has 1 N–H and O–H groups in total. The van der Waals surface area contributed by atoms with Gasteiger partial charge in [0.1, 0.15) is 0 Å². The molecule has 0 radical (unpaired) electrons. The van der Waals surface area contributed by atoms with E-state index in [0.29, 0.717) is 31.2 Å². The van der Waals surface area contributed by atoms with Crippen molar-refractivity contribution < 1.29 is 4.79 Å². The fourth-order valence-electron chi connectivity index (χ4n) is 3.95. The number of hydrogen-bond donors (Lipinski definition) is 1. The minimum absolute atomic E-state index is 0.110. The van der Waals surface area contributed by atoms with Crippen molar-refractivity contribution in [3.8, 4) is 11.3 Å². The summed E-state index contributed by atoms with van der Waals surface area (Å²) >= 11 is 6.16. The number of piperazine rings is 1. The van der Waals surface area contributed by atoms with Crippen LogP contribution in [-0.2, 0) is 0 Å². The molecule has 0 spiro atoms. The van der Waals surface area contributed by atoms with Gasteiger partial charge in [0.15, 0.2) is 5.82 Å². The van der Waals surface area contributed by atoms with Crippen LogP contribution in [0.2, 0.25) is 5.02 Å². The molecular formula is C25H28ClN5O. The lowest BCUT2D eigenvalue weighted by Gasteiger charge is -2.35. The maximum absolute atomic E-state index is 12.7. The number of hydrogen-bond acceptors (Lipinski definition) is 4. The predicted octanol–water partition coefficient (Wildman–Crippen LogP) is 5.38. The van der Waals surface area contributed by atoms with E-state index < -0.39 is 0 Å². The molecule has 3 aromatic rings. The number of aryl methyl sites for hydroxylation is 3. The predicted molar refractivity (Wildman–Crippen MR) is 131 cm³/mol. The van der Waals surface area contributed by atoms with Crippen LogP contribution < -0.4 is 10.2 Å². The monoisotopic (exact) mass is 449 g/mol. The number of nitrogens with zero attached hydrogens (tertiary/aromatic N) is 4. The molecule has 2 amide bonds. The highest BCUT2D eigenvalue weighted by Crippen LogP contribution is 2.26. The van der Waals surface area contributed by atoms with Gasteiger partial charge in [0.05, 0.1) is 5.69 Å². The Balaban J connectivity index is 1.39. The molecule has 32 heavy (non-hydrogen) atoms. The summed E-state index contributed by atoms with van der Waals surface area (Å²) < 4.78 is 0. The zero-order valence-corrected chi connectivity index (χ0v) is 19.7. The Kier molecular flexibility index (Phi) is 6.33. The zero-order chi connectivity index (χ0) is 22.8. The first kappa shape index (κ1) is 22.1. The second-order valence-electron chi connectivity index (χ2n) is 8.34. The SMILES string of the molecule is Cc1cc(C)c(-c2ccc(N3CCN(C(=O)Nc4cccc(Cl)c4C)CC3)nn2)cc1C. The number of aromatic nitrogens is 2. The van der Waals surface area contributed by atoms with Gasteiger partial charge in [0.25, 0.3) is 0 Å². The molecule has 1 saturated heterocycles. The Morgan fingerprint density at radius 3 is 2.31 bits per heavy atom. The van der Waals surface area contributed by atoms with Crippen molar-refractivity contribution in [2.75, 3.05) is 36.4 Å². The van der Waals surface area contributed by atoms with Gasteiger partial charge < -0.3 is 15.1 Å². The van der Waals surface area contributed by atoms with Crippen LogP contribution in [0.25, 0.3) is 11.3 Å². The van der Waals surface area contributed by atoms with Gasteiger partial charge in [0.2, 0.25) is 0 Å². The third-order valence-electron chi connectivity index (χ3n) is 6.17. The molecule has 6 nitrogen and oxygen atoms in total. The van der Waals surface area contributed by atoms with Crippen LogP contribution in [0.4, 0.5) is 16.3 Å². The lowest BCUT2D eigenvalue weighted by Crippen LogP contribution is -2.50. The van der Waals surface area contributed by atoms with Crippen LogP contribution in [0.5, 0.6) is 0 Å². The number of carbonyl (C=O) groups excluding carboxylic acids is 1. The average molecular weight is 450 g/mol. The number of rotatable bonds is 3. The number of halogens is 1. The van der Waals surface area contributed by atoms with E-state index in [1.54, 1.807) is 0 Å². The van der Waals surface area contributed by atoms with Crippen molar-refractivity contribution in [1.82, 2.24) is 15.1 Å². The van der Waals surface area contributed by atoms with Crippen LogP contribution >= 0.6 is 11.6 Å². The maximum atomic E-state index is 12.7. The van der Waals surface area contributed by atoms with E-state index >= 15 is 0 Å². The number of urea groups is 1. The summed E-state index contributed by atoms with van der Waals surface area (Å²) in [5, 5.41) is 12.6. The molecule has 7 heteroatoms. The van der Waals surface area contributed by atoms with Gasteiger partial charge in [-0.05, 0) is 80.3 Å². The molecule has 0 unspecified atom stereocenters. The summed E-state index contributed by atoms with van der Waals surface area (Å²) in [5.41, 5.74) is 7.34. The van der Waals surface area contributed by atoms with Crippen molar-refractivity contribution in [2.45, 2.75) is 27.7 Å². The number of carbonyl (C=O) groups is 1. The molecule has 1 aromatic heterocycles. The molecular weight excluding hydrogens is 422 g/mol. The molecule has 0 aliphatic carbocycles. The van der Waals surface area contributed by atoms with E-state index in [-0.39, 0.29) is 6.03 Å². The Hall–Kier alpha value is -3.12. The molecule has 1 aliphatic heterocycles. The van der Waals surface area contributed by atoms with E-state index in [0.717, 1.165) is 28.3 Å². The molecule has 1 aliphatic rings. The van der Waals surface area contributed by atoms with E-state index in [1.807, 2.05) is 42.2 Å². The van der Waals surface area contributed by atoms with Gasteiger partial charge in [-0.1, -0.05) is 23.7 Å². The van der Waals surface area contributed by atoms with Crippen molar-refractivity contribution in [3.05, 3.63) is 69.7 Å². The second-order valence-corrected chi connectivity index (χ2v) is 8.75. The Bertz CT molecular complexity index is 1140. The maximum Gasteiger partial charge on any atom is 0.321 e. The van der Waals surface area contributed by atoms with E-state index in [9.17, 15) is 4.79 Å². The minimum Gasteiger partial charge on any atom is -0.352 e. The lowest BCUT2D eigenvalue weighted by molar-refractivity contribution is 0.208. The highest BCUT2D eigenvalue weighted by atomic mass is 35.5. The minimum atomic E-state index is -0.110. The molecule has 4 rings (SSSR count). The van der Waals surface area contributed by atoms with Crippen molar-refractivity contribution in [2.24, 2.45) is 0 Å². The van der Waals surface area contributed by atoms with Crippen LogP contribution in [0.3, 0.4) is 0 Å². The highest BCUT2D eigenvalue weighted by Gasteiger charge is 2.23.